The first-order valence-electron chi connectivity index (χ1n) is 6.14. The highest BCUT2D eigenvalue weighted by Gasteiger charge is 2.56. The molecule has 0 aromatic heterocycles. The summed E-state index contributed by atoms with van der Waals surface area (Å²) < 4.78 is 4.95. The molecule has 1 fully saturated rings. The Balaban J connectivity index is 2.05. The first-order chi connectivity index (χ1) is 8.69. The lowest BCUT2D eigenvalue weighted by Crippen LogP contribution is -2.26. The third-order valence-corrected chi connectivity index (χ3v) is 3.11. The van der Waals surface area contributed by atoms with E-state index in [9.17, 15) is 9.59 Å². The standard InChI is InChI=1S/C15H16O3/c1-2-18-14(17)15(10-11-15)13(16)9-8-12-6-4-3-5-7-12/h3-9H,2,10-11H2,1H3/b9-8+. The average molecular weight is 244 g/mol. The lowest BCUT2D eigenvalue weighted by atomic mass is 10.0. The van der Waals surface area contributed by atoms with Gasteiger partial charge in [0.25, 0.3) is 0 Å². The van der Waals surface area contributed by atoms with E-state index in [0.29, 0.717) is 19.4 Å². The molecule has 3 heteroatoms. The van der Waals surface area contributed by atoms with E-state index in [1.165, 1.54) is 6.08 Å². The maximum Gasteiger partial charge on any atom is 0.319 e. The van der Waals surface area contributed by atoms with Gasteiger partial charge in [0.1, 0.15) is 5.41 Å². The van der Waals surface area contributed by atoms with Crippen LogP contribution in [0.5, 0.6) is 0 Å². The van der Waals surface area contributed by atoms with Crippen LogP contribution in [0, 0.1) is 5.41 Å². The number of hydrogen-bond acceptors (Lipinski definition) is 3. The molecule has 0 saturated heterocycles. The number of benzene rings is 1. The van der Waals surface area contributed by atoms with Crippen molar-refractivity contribution < 1.29 is 14.3 Å². The molecule has 0 atom stereocenters. The summed E-state index contributed by atoms with van der Waals surface area (Å²) in [6, 6.07) is 9.55. The van der Waals surface area contributed by atoms with Gasteiger partial charge < -0.3 is 4.74 Å². The molecule has 1 aromatic rings. The molecule has 2 rings (SSSR count). The Morgan fingerprint density at radius 2 is 1.94 bits per heavy atom. The molecule has 0 unspecified atom stereocenters. The maximum atomic E-state index is 12.0. The van der Waals surface area contributed by atoms with Crippen LogP contribution in [-0.2, 0) is 14.3 Å². The van der Waals surface area contributed by atoms with Crippen LogP contribution in [0.15, 0.2) is 36.4 Å². The molecule has 0 amide bonds. The van der Waals surface area contributed by atoms with E-state index in [0.717, 1.165) is 5.56 Å². The van der Waals surface area contributed by atoms with E-state index in [1.54, 1.807) is 13.0 Å². The highest BCUT2D eigenvalue weighted by molar-refractivity contribution is 6.13. The van der Waals surface area contributed by atoms with Crippen LogP contribution in [0.3, 0.4) is 0 Å². The van der Waals surface area contributed by atoms with Crippen LogP contribution in [0.25, 0.3) is 6.08 Å². The normalized spacial score (nSPS) is 16.5. The minimum absolute atomic E-state index is 0.148. The van der Waals surface area contributed by atoms with Gasteiger partial charge in [-0.25, -0.2) is 0 Å². The quantitative estimate of drug-likeness (QED) is 0.454. The van der Waals surface area contributed by atoms with Gasteiger partial charge >= 0.3 is 5.97 Å². The van der Waals surface area contributed by atoms with Crippen molar-refractivity contribution in [1.29, 1.82) is 0 Å². The summed E-state index contributed by atoms with van der Waals surface area (Å²) in [6.07, 6.45) is 4.43. The summed E-state index contributed by atoms with van der Waals surface area (Å²) in [5.41, 5.74) is 0.0619. The molecule has 1 aliphatic carbocycles. The van der Waals surface area contributed by atoms with Crippen molar-refractivity contribution in [3.63, 3.8) is 0 Å². The van der Waals surface area contributed by atoms with Gasteiger partial charge in [0.05, 0.1) is 6.61 Å². The zero-order valence-corrected chi connectivity index (χ0v) is 10.4. The Labute approximate surface area is 106 Å². The van der Waals surface area contributed by atoms with Gasteiger partial charge in [-0.2, -0.15) is 0 Å². The first-order valence-corrected chi connectivity index (χ1v) is 6.14. The van der Waals surface area contributed by atoms with E-state index in [4.69, 9.17) is 4.74 Å². The lowest BCUT2D eigenvalue weighted by molar-refractivity contribution is -0.152. The van der Waals surface area contributed by atoms with E-state index < -0.39 is 5.41 Å². The number of esters is 1. The molecule has 1 aromatic carbocycles. The summed E-state index contributed by atoms with van der Waals surface area (Å²) in [7, 11) is 0. The molecule has 0 aliphatic heterocycles. The maximum absolute atomic E-state index is 12.0. The molecule has 0 N–H and O–H groups in total. The summed E-state index contributed by atoms with van der Waals surface area (Å²) in [4.78, 5) is 23.7. The third kappa shape index (κ3) is 2.50. The van der Waals surface area contributed by atoms with E-state index in [2.05, 4.69) is 0 Å². The van der Waals surface area contributed by atoms with Crippen LogP contribution in [-0.4, -0.2) is 18.4 Å². The van der Waals surface area contributed by atoms with Gasteiger partial charge in [-0.3, -0.25) is 9.59 Å². The van der Waals surface area contributed by atoms with Gasteiger partial charge in [-0.1, -0.05) is 36.4 Å². The van der Waals surface area contributed by atoms with Crippen molar-refractivity contribution in [2.24, 2.45) is 5.41 Å². The first kappa shape index (κ1) is 12.6. The van der Waals surface area contributed by atoms with Gasteiger partial charge in [0.15, 0.2) is 5.78 Å². The summed E-state index contributed by atoms with van der Waals surface area (Å²) in [5, 5.41) is 0. The predicted molar refractivity (Wildman–Crippen MR) is 68.8 cm³/mol. The molecular weight excluding hydrogens is 228 g/mol. The number of ether oxygens (including phenoxy) is 1. The van der Waals surface area contributed by atoms with Gasteiger partial charge in [0.2, 0.25) is 0 Å². The number of rotatable bonds is 5. The molecule has 1 aliphatic rings. The SMILES string of the molecule is CCOC(=O)C1(C(=O)/C=C/c2ccccc2)CC1. The molecular formula is C15H16O3. The second kappa shape index (κ2) is 5.17. The Bertz CT molecular complexity index is 470. The van der Waals surface area contributed by atoms with Gasteiger partial charge in [-0.05, 0) is 31.4 Å². The van der Waals surface area contributed by atoms with Crippen molar-refractivity contribution >= 4 is 17.8 Å². The molecule has 3 nitrogen and oxygen atoms in total. The number of carbonyl (C=O) groups excluding carboxylic acids is 2. The molecule has 0 spiro atoms. The monoisotopic (exact) mass is 244 g/mol. The predicted octanol–water partition coefficient (Wildman–Crippen LogP) is 2.61. The van der Waals surface area contributed by atoms with Crippen LogP contribution in [0.1, 0.15) is 25.3 Å². The summed E-state index contributed by atoms with van der Waals surface area (Å²) in [6.45, 7) is 2.06. The number of ketones is 1. The van der Waals surface area contributed by atoms with E-state index in [-0.39, 0.29) is 11.8 Å². The van der Waals surface area contributed by atoms with E-state index in [1.807, 2.05) is 30.3 Å². The van der Waals surface area contributed by atoms with Crippen molar-refractivity contribution in [1.82, 2.24) is 0 Å². The van der Waals surface area contributed by atoms with Crippen molar-refractivity contribution in [2.75, 3.05) is 6.61 Å². The fourth-order valence-electron chi connectivity index (χ4n) is 1.84. The van der Waals surface area contributed by atoms with Crippen LogP contribution < -0.4 is 0 Å². The summed E-state index contributed by atoms with van der Waals surface area (Å²) in [5.74, 6) is -0.530. The molecule has 0 bridgehead atoms. The second-order valence-corrected chi connectivity index (χ2v) is 4.41. The third-order valence-electron chi connectivity index (χ3n) is 3.11. The fourth-order valence-corrected chi connectivity index (χ4v) is 1.84. The Kier molecular flexibility index (Phi) is 3.60. The van der Waals surface area contributed by atoms with Crippen LogP contribution in [0.4, 0.5) is 0 Å². The topological polar surface area (TPSA) is 43.4 Å². The second-order valence-electron chi connectivity index (χ2n) is 4.41. The largest absolute Gasteiger partial charge is 0.465 e. The summed E-state index contributed by atoms with van der Waals surface area (Å²) >= 11 is 0. The number of allylic oxidation sites excluding steroid dienone is 1. The Morgan fingerprint density at radius 3 is 2.50 bits per heavy atom. The van der Waals surface area contributed by atoms with Gasteiger partial charge in [-0.15, -0.1) is 0 Å². The van der Waals surface area contributed by atoms with E-state index >= 15 is 0 Å². The smallest absolute Gasteiger partial charge is 0.319 e. The number of carbonyl (C=O) groups is 2. The van der Waals surface area contributed by atoms with Crippen molar-refractivity contribution in [3.05, 3.63) is 42.0 Å². The Morgan fingerprint density at radius 1 is 1.28 bits per heavy atom. The lowest BCUT2D eigenvalue weighted by Gasteiger charge is -2.09. The Hall–Kier alpha value is -1.90. The highest BCUT2D eigenvalue weighted by atomic mass is 16.5. The van der Waals surface area contributed by atoms with Crippen LogP contribution in [0.2, 0.25) is 0 Å². The highest BCUT2D eigenvalue weighted by Crippen LogP contribution is 2.48. The number of hydrogen-bond donors (Lipinski definition) is 0. The fraction of sp³-hybridized carbons (Fsp3) is 0.333. The zero-order chi connectivity index (χ0) is 13.0. The van der Waals surface area contributed by atoms with Gasteiger partial charge in [0, 0.05) is 0 Å². The van der Waals surface area contributed by atoms with Crippen LogP contribution >= 0.6 is 0 Å². The molecule has 0 radical (unpaired) electrons. The molecule has 94 valence electrons. The average Bonchev–Trinajstić information content (AvgIpc) is 3.19. The minimum atomic E-state index is -0.888. The molecule has 1 saturated carbocycles. The zero-order valence-electron chi connectivity index (χ0n) is 10.4. The molecule has 0 heterocycles. The van der Waals surface area contributed by atoms with Crippen molar-refractivity contribution in [3.8, 4) is 0 Å². The molecule has 18 heavy (non-hydrogen) atoms. The minimum Gasteiger partial charge on any atom is -0.465 e. The van der Waals surface area contributed by atoms with Crippen molar-refractivity contribution in [2.45, 2.75) is 19.8 Å².